The van der Waals surface area contributed by atoms with Gasteiger partial charge in [-0.3, -0.25) is 0 Å². The average molecular weight is 509 g/mol. The first-order valence-corrected chi connectivity index (χ1v) is 20.0. The third-order valence-corrected chi connectivity index (χ3v) is 17.9. The molecule has 0 fully saturated rings. The Hall–Kier alpha value is 0.897. The van der Waals surface area contributed by atoms with Crippen molar-refractivity contribution in [2.45, 2.75) is 149 Å². The van der Waals surface area contributed by atoms with Crippen LogP contribution in [0.15, 0.2) is 0 Å². The van der Waals surface area contributed by atoms with Crippen LogP contribution in [0.25, 0.3) is 0 Å². The number of hydrogen-bond donors (Lipinski definition) is 0. The van der Waals surface area contributed by atoms with Crippen LogP contribution in [0, 0.1) is 0 Å². The fraction of sp³-hybridized carbons (Fsp3) is 1.00. The molecular formula is C28H62ClOPSi. The van der Waals surface area contributed by atoms with Crippen LogP contribution in [-0.2, 0) is 4.43 Å². The highest BCUT2D eigenvalue weighted by atomic mass is 35.5. The fourth-order valence-corrected chi connectivity index (χ4v) is 17.4. The van der Waals surface area contributed by atoms with Crippen LogP contribution < -0.4 is 12.4 Å². The molecule has 0 aromatic carbocycles. The van der Waals surface area contributed by atoms with E-state index in [1.165, 1.54) is 121 Å². The maximum absolute atomic E-state index is 6.14. The summed E-state index contributed by atoms with van der Waals surface area (Å²) >= 11 is 0. The second-order valence-corrected chi connectivity index (χ2v) is 20.2. The topological polar surface area (TPSA) is 9.23 Å². The average Bonchev–Trinajstić information content (AvgIpc) is 2.75. The van der Waals surface area contributed by atoms with Gasteiger partial charge in [0.25, 0.3) is 0 Å². The summed E-state index contributed by atoms with van der Waals surface area (Å²) in [4.78, 5) is 0. The minimum atomic E-state index is -1.51. The summed E-state index contributed by atoms with van der Waals surface area (Å²) in [6, 6.07) is 0. The summed E-state index contributed by atoms with van der Waals surface area (Å²) in [6.45, 7) is 12.0. The summed E-state index contributed by atoms with van der Waals surface area (Å²) < 4.78 is 6.14. The minimum Gasteiger partial charge on any atom is -1.00 e. The van der Waals surface area contributed by atoms with E-state index in [2.05, 4.69) is 33.9 Å². The molecule has 0 amide bonds. The standard InChI is InChI=1S/C28H62OPSi.ClH/c1-7-10-13-16-19-22-25-30(28-31(5,6)29-4,26-23-20-17-14-11-8-2)27-24-21-18-15-12-9-3;/h7-28H2,1-6H3;1H/q+1;/p-1. The van der Waals surface area contributed by atoms with Crippen LogP contribution >= 0.6 is 7.26 Å². The molecule has 32 heavy (non-hydrogen) atoms. The highest BCUT2D eigenvalue weighted by Crippen LogP contribution is 2.62. The lowest BCUT2D eigenvalue weighted by atomic mass is 10.1. The second-order valence-electron chi connectivity index (χ2n) is 10.9. The molecule has 0 N–H and O–H groups in total. The maximum Gasteiger partial charge on any atom is 0.223 e. The van der Waals surface area contributed by atoms with E-state index in [-0.39, 0.29) is 12.4 Å². The summed E-state index contributed by atoms with van der Waals surface area (Å²) in [7, 11) is -0.370. The van der Waals surface area contributed by atoms with Crippen LogP contribution in [0.5, 0.6) is 0 Å². The molecule has 0 radical (unpaired) electrons. The van der Waals surface area contributed by atoms with Gasteiger partial charge in [0.2, 0.25) is 8.32 Å². The van der Waals surface area contributed by atoms with Gasteiger partial charge in [-0.05, 0) is 51.6 Å². The lowest BCUT2D eigenvalue weighted by molar-refractivity contribution is -0.00000799. The normalized spacial score (nSPS) is 12.2. The van der Waals surface area contributed by atoms with E-state index < -0.39 is 15.6 Å². The molecular weight excluding hydrogens is 447 g/mol. The molecule has 0 aliphatic rings. The summed E-state index contributed by atoms with van der Waals surface area (Å²) in [6.07, 6.45) is 30.8. The molecule has 1 nitrogen and oxygen atoms in total. The summed E-state index contributed by atoms with van der Waals surface area (Å²) in [5, 5.41) is 0. The van der Waals surface area contributed by atoms with Gasteiger partial charge in [0.15, 0.2) is 0 Å². The Kier molecular flexibility index (Phi) is 25.9. The molecule has 0 heterocycles. The smallest absolute Gasteiger partial charge is 0.223 e. The minimum absolute atomic E-state index is 0. The molecule has 0 saturated carbocycles. The van der Waals surface area contributed by atoms with Gasteiger partial charge in [0.1, 0.15) is 0 Å². The van der Waals surface area contributed by atoms with E-state index in [1.807, 2.05) is 7.11 Å². The molecule has 196 valence electrons. The largest absolute Gasteiger partial charge is 1.00 e. The zero-order chi connectivity index (χ0) is 23.3. The van der Waals surface area contributed by atoms with Crippen molar-refractivity contribution in [3.05, 3.63) is 0 Å². The Morgan fingerprint density at radius 3 is 1.06 bits per heavy atom. The molecule has 0 aromatic heterocycles. The van der Waals surface area contributed by atoms with Crippen molar-refractivity contribution in [3.8, 4) is 0 Å². The third kappa shape index (κ3) is 20.3. The molecule has 4 heteroatoms. The first kappa shape index (κ1) is 35.1. The molecule has 0 spiro atoms. The Morgan fingerprint density at radius 1 is 0.500 bits per heavy atom. The van der Waals surface area contributed by atoms with Gasteiger partial charge in [0.05, 0.1) is 24.3 Å². The molecule has 0 unspecified atom stereocenters. The van der Waals surface area contributed by atoms with E-state index in [0.29, 0.717) is 0 Å². The number of hydrogen-bond acceptors (Lipinski definition) is 1. The van der Waals surface area contributed by atoms with E-state index >= 15 is 0 Å². The number of rotatable bonds is 24. The maximum atomic E-state index is 6.14. The molecule has 0 bridgehead atoms. The zero-order valence-electron chi connectivity index (χ0n) is 23.3. The molecule has 0 saturated heterocycles. The van der Waals surface area contributed by atoms with Crippen molar-refractivity contribution in [3.63, 3.8) is 0 Å². The highest BCUT2D eigenvalue weighted by molar-refractivity contribution is 7.77. The van der Waals surface area contributed by atoms with Crippen LogP contribution in [0.3, 0.4) is 0 Å². The van der Waals surface area contributed by atoms with E-state index in [0.717, 1.165) is 0 Å². The van der Waals surface area contributed by atoms with Crippen molar-refractivity contribution in [2.24, 2.45) is 0 Å². The van der Waals surface area contributed by atoms with Gasteiger partial charge in [0, 0.05) is 14.4 Å². The van der Waals surface area contributed by atoms with Crippen molar-refractivity contribution in [2.75, 3.05) is 31.4 Å². The molecule has 0 atom stereocenters. The predicted octanol–water partition coefficient (Wildman–Crippen LogP) is 7.48. The van der Waals surface area contributed by atoms with Gasteiger partial charge in [-0.25, -0.2) is 0 Å². The quantitative estimate of drug-likeness (QED) is 0.0745. The Labute approximate surface area is 212 Å². The number of halogens is 1. The predicted molar refractivity (Wildman–Crippen MR) is 151 cm³/mol. The van der Waals surface area contributed by atoms with E-state index in [9.17, 15) is 0 Å². The van der Waals surface area contributed by atoms with E-state index in [1.54, 1.807) is 18.5 Å². The van der Waals surface area contributed by atoms with Crippen molar-refractivity contribution in [1.29, 1.82) is 0 Å². The Morgan fingerprint density at radius 2 is 0.781 bits per heavy atom. The first-order chi connectivity index (χ1) is 14.9. The lowest BCUT2D eigenvalue weighted by Gasteiger charge is -2.33. The molecule has 0 aliphatic heterocycles. The highest BCUT2D eigenvalue weighted by Gasteiger charge is 2.43. The van der Waals surface area contributed by atoms with Gasteiger partial charge in [-0.15, -0.1) is 0 Å². The monoisotopic (exact) mass is 508 g/mol. The fourth-order valence-electron chi connectivity index (χ4n) is 5.13. The molecule has 0 rings (SSSR count). The van der Waals surface area contributed by atoms with Crippen molar-refractivity contribution < 1.29 is 16.8 Å². The first-order valence-electron chi connectivity index (χ1n) is 14.4. The second kappa shape index (κ2) is 23.6. The lowest BCUT2D eigenvalue weighted by Crippen LogP contribution is -3.00. The van der Waals surface area contributed by atoms with Crippen LogP contribution in [-0.4, -0.2) is 39.7 Å². The van der Waals surface area contributed by atoms with Gasteiger partial charge in [-0.1, -0.05) is 97.8 Å². The molecule has 0 aliphatic carbocycles. The van der Waals surface area contributed by atoms with Crippen LogP contribution in [0.1, 0.15) is 136 Å². The van der Waals surface area contributed by atoms with Crippen molar-refractivity contribution in [1.82, 2.24) is 0 Å². The van der Waals surface area contributed by atoms with E-state index in [4.69, 9.17) is 4.43 Å². The van der Waals surface area contributed by atoms with Gasteiger partial charge >= 0.3 is 0 Å². The zero-order valence-corrected chi connectivity index (χ0v) is 25.9. The number of unbranched alkanes of at least 4 members (excludes halogenated alkanes) is 15. The van der Waals surface area contributed by atoms with Gasteiger partial charge < -0.3 is 16.8 Å². The van der Waals surface area contributed by atoms with Crippen molar-refractivity contribution >= 4 is 15.6 Å². The van der Waals surface area contributed by atoms with Crippen LogP contribution in [0.2, 0.25) is 13.1 Å². The SMILES string of the molecule is CCCCCCCC[P+](CCCCCCCC)(CCCCCCCC)C[Si](C)(C)OC.[Cl-]. The molecule has 0 aromatic rings. The summed E-state index contributed by atoms with van der Waals surface area (Å²) in [5.41, 5.74) is 0. The third-order valence-electron chi connectivity index (χ3n) is 7.23. The van der Waals surface area contributed by atoms with Gasteiger partial charge in [-0.2, -0.15) is 0 Å². The van der Waals surface area contributed by atoms with Crippen LogP contribution in [0.4, 0.5) is 0 Å². The Bertz CT molecular complexity index is 338. The summed E-state index contributed by atoms with van der Waals surface area (Å²) in [5.74, 6) is 1.50. The Balaban J connectivity index is 0.